The number of hydrogen-bond donors (Lipinski definition) is 6. The van der Waals surface area contributed by atoms with Crippen LogP contribution in [0.2, 0.25) is 0 Å². The minimum atomic E-state index is -0.512. The summed E-state index contributed by atoms with van der Waals surface area (Å²) < 4.78 is 5.40. The minimum Gasteiger partial charge on any atom is -0.444 e. The number of carbonyl (C=O) groups excluding carboxylic acids is 3. The van der Waals surface area contributed by atoms with Gasteiger partial charge < -0.3 is 46.4 Å². The Labute approximate surface area is 426 Å². The van der Waals surface area contributed by atoms with Gasteiger partial charge in [0.2, 0.25) is 23.7 Å². The van der Waals surface area contributed by atoms with Gasteiger partial charge in [-0.3, -0.25) is 19.6 Å². The second kappa shape index (κ2) is 21.9. The molecule has 8 aromatic rings. The fraction of sp³-hybridized carbons (Fsp3) is 0.204. The van der Waals surface area contributed by atoms with Gasteiger partial charge in [0.1, 0.15) is 28.3 Å². The molecule has 74 heavy (non-hydrogen) atoms. The number of nitrogens with one attached hydrogen (secondary N) is 6. The lowest BCUT2D eigenvalue weighted by Gasteiger charge is -2.40. The average molecular weight is 991 g/mol. The number of benzene rings is 2. The molecule has 2 aliphatic rings. The summed E-state index contributed by atoms with van der Waals surface area (Å²) in [6.07, 6.45) is 12.5. The molecule has 20 heteroatoms. The zero-order valence-corrected chi connectivity index (χ0v) is 41.2. The number of fused-ring (bicyclic) bond motifs is 2. The third kappa shape index (κ3) is 12.5. The van der Waals surface area contributed by atoms with Gasteiger partial charge in [0, 0.05) is 84.2 Å². The Morgan fingerprint density at radius 2 is 1.07 bits per heavy atom. The molecule has 0 spiro atoms. The van der Waals surface area contributed by atoms with E-state index in [0.29, 0.717) is 76.3 Å². The molecular formula is C54H54N16O4. The van der Waals surface area contributed by atoms with Crippen LogP contribution in [0.4, 0.5) is 51.1 Å². The first kappa shape index (κ1) is 49.5. The number of rotatable bonds is 14. The Morgan fingerprint density at radius 1 is 0.595 bits per heavy atom. The molecule has 20 nitrogen and oxygen atoms in total. The van der Waals surface area contributed by atoms with Crippen molar-refractivity contribution >= 4 is 86.0 Å². The van der Waals surface area contributed by atoms with Gasteiger partial charge >= 0.3 is 6.09 Å². The van der Waals surface area contributed by atoms with Gasteiger partial charge in [-0.15, -0.1) is 0 Å². The monoisotopic (exact) mass is 990 g/mol. The van der Waals surface area contributed by atoms with Gasteiger partial charge in [0.05, 0.1) is 47.2 Å². The summed E-state index contributed by atoms with van der Waals surface area (Å²) in [5.41, 5.74) is 6.63. The molecule has 3 amide bonds. The Hall–Kier alpha value is -9.43. The number of amides is 3. The summed E-state index contributed by atoms with van der Waals surface area (Å²) in [5, 5.41) is 20.4. The van der Waals surface area contributed by atoms with Crippen LogP contribution in [0.5, 0.6) is 0 Å². The third-order valence-corrected chi connectivity index (χ3v) is 11.5. The summed E-state index contributed by atoms with van der Waals surface area (Å²) in [5.74, 6) is 1.83. The van der Waals surface area contributed by atoms with Crippen molar-refractivity contribution in [1.29, 1.82) is 0 Å². The second-order valence-corrected chi connectivity index (χ2v) is 18.5. The highest BCUT2D eigenvalue weighted by molar-refractivity contribution is 6.01. The molecule has 10 rings (SSSR count). The molecule has 0 unspecified atom stereocenters. The van der Waals surface area contributed by atoms with Crippen molar-refractivity contribution < 1.29 is 19.1 Å². The summed E-state index contributed by atoms with van der Waals surface area (Å²) in [6.45, 7) is 15.7. The highest BCUT2D eigenvalue weighted by Gasteiger charge is 2.34. The van der Waals surface area contributed by atoms with Crippen LogP contribution in [0, 0.1) is 0 Å². The van der Waals surface area contributed by atoms with Crippen LogP contribution in [0.15, 0.2) is 147 Å². The maximum Gasteiger partial charge on any atom is 0.410 e. The van der Waals surface area contributed by atoms with E-state index in [4.69, 9.17) is 14.7 Å². The fourth-order valence-electron chi connectivity index (χ4n) is 7.95. The lowest BCUT2D eigenvalue weighted by molar-refractivity contribution is -0.112. The first-order valence-corrected chi connectivity index (χ1v) is 23.7. The van der Waals surface area contributed by atoms with Gasteiger partial charge in [-0.2, -0.15) is 0 Å². The van der Waals surface area contributed by atoms with Crippen molar-refractivity contribution in [2.45, 2.75) is 38.5 Å². The number of hydrogen-bond acceptors (Lipinski definition) is 17. The SMILES string of the molecule is C=CC(=O)Nc1cccc(-c2nccc3cnc(Nc4ccc(NC5CN(C(=O)OC(C)(C)C)C5)nc4)nc23)c1.C=CC(=O)Nc1cccc(-c2nccc3cnc(Nc4ccc(NC5CN(C)C5)nc4)nc23)c1. The number of anilines is 8. The van der Waals surface area contributed by atoms with E-state index in [2.05, 4.69) is 86.9 Å². The summed E-state index contributed by atoms with van der Waals surface area (Å²) in [4.78, 5) is 75.8. The standard InChI is InChI=1S/C29H30N8O3.C25H24N8O/c1-5-24(38)34-20-8-6-7-18(13-20)25-26-19(11-12-30-25)14-32-27(36-26)35-21-9-10-23(31-15-21)33-22-16-37(17-22)28(39)40-29(2,3)4;1-3-22(34)30-18-6-4-5-16(11-18)23-24-17(9-10-26-23)12-28-25(32-24)31-19-7-8-21(27-13-19)29-20-14-33(2)15-20/h5-15,22H,1,16-17H2,2-4H3,(H,31,33)(H,34,38)(H,32,35,36);3-13,20H,1,14-15H2,2H3,(H,27,29)(H,30,34)(H,28,31,32). The van der Waals surface area contributed by atoms with Crippen molar-refractivity contribution in [3.8, 4) is 22.5 Å². The van der Waals surface area contributed by atoms with Crippen molar-refractivity contribution in [1.82, 2.24) is 49.7 Å². The average Bonchev–Trinajstić information content (AvgIpc) is 3.37. The van der Waals surface area contributed by atoms with Gasteiger partial charge in [-0.1, -0.05) is 37.4 Å². The smallest absolute Gasteiger partial charge is 0.410 e. The predicted octanol–water partition coefficient (Wildman–Crippen LogP) is 8.67. The van der Waals surface area contributed by atoms with E-state index in [9.17, 15) is 14.4 Å². The molecule has 6 aromatic heterocycles. The van der Waals surface area contributed by atoms with Gasteiger partial charge in [0.25, 0.3) is 0 Å². The zero-order chi connectivity index (χ0) is 51.8. The Balaban J connectivity index is 0.000000184. The molecule has 8 heterocycles. The second-order valence-electron chi connectivity index (χ2n) is 18.5. The van der Waals surface area contributed by atoms with Crippen molar-refractivity contribution in [2.75, 3.05) is 65.1 Å². The number of ether oxygens (including phenoxy) is 1. The normalized spacial score (nSPS) is 13.5. The van der Waals surface area contributed by atoms with Gasteiger partial charge in [-0.05, 0) is 101 Å². The van der Waals surface area contributed by atoms with Gasteiger partial charge in [0.15, 0.2) is 0 Å². The quantitative estimate of drug-likeness (QED) is 0.0558. The molecular weight excluding hydrogens is 937 g/mol. The van der Waals surface area contributed by atoms with Crippen LogP contribution >= 0.6 is 0 Å². The topological polar surface area (TPSA) is 242 Å². The number of nitrogens with zero attached hydrogens (tertiary/aromatic N) is 10. The molecule has 374 valence electrons. The van der Waals surface area contributed by atoms with Crippen LogP contribution in [0.1, 0.15) is 20.8 Å². The lowest BCUT2D eigenvalue weighted by atomic mass is 10.1. The van der Waals surface area contributed by atoms with Crippen molar-refractivity contribution in [3.63, 3.8) is 0 Å². The van der Waals surface area contributed by atoms with E-state index in [1.165, 1.54) is 12.2 Å². The molecule has 2 saturated heterocycles. The maximum atomic E-state index is 12.1. The predicted molar refractivity (Wildman–Crippen MR) is 288 cm³/mol. The first-order valence-electron chi connectivity index (χ1n) is 23.7. The largest absolute Gasteiger partial charge is 0.444 e. The van der Waals surface area contributed by atoms with Crippen LogP contribution < -0.4 is 31.9 Å². The molecule has 2 aliphatic heterocycles. The maximum absolute atomic E-state index is 12.1. The van der Waals surface area contributed by atoms with Crippen LogP contribution in [-0.4, -0.2) is 118 Å². The first-order chi connectivity index (χ1) is 35.7. The molecule has 0 bridgehead atoms. The van der Waals surface area contributed by atoms with E-state index in [1.807, 2.05) is 99.6 Å². The third-order valence-electron chi connectivity index (χ3n) is 11.5. The van der Waals surface area contributed by atoms with E-state index < -0.39 is 5.60 Å². The lowest BCUT2D eigenvalue weighted by Crippen LogP contribution is -2.58. The highest BCUT2D eigenvalue weighted by Crippen LogP contribution is 2.30. The number of carbonyl (C=O) groups is 3. The Bertz CT molecular complexity index is 3360. The van der Waals surface area contributed by atoms with Crippen LogP contribution in [-0.2, 0) is 14.3 Å². The highest BCUT2D eigenvalue weighted by atomic mass is 16.6. The molecule has 2 aromatic carbocycles. The Morgan fingerprint density at radius 3 is 1.49 bits per heavy atom. The number of aromatic nitrogens is 8. The van der Waals surface area contributed by atoms with E-state index in [-0.39, 0.29) is 23.9 Å². The van der Waals surface area contributed by atoms with Crippen molar-refractivity contribution in [2.24, 2.45) is 0 Å². The molecule has 0 radical (unpaired) electrons. The van der Waals surface area contributed by atoms with Crippen LogP contribution in [0.3, 0.4) is 0 Å². The molecule has 0 atom stereocenters. The van der Waals surface area contributed by atoms with Crippen molar-refractivity contribution in [3.05, 3.63) is 147 Å². The molecule has 0 aliphatic carbocycles. The molecule has 2 fully saturated rings. The summed E-state index contributed by atoms with van der Waals surface area (Å²) in [7, 11) is 2.10. The van der Waals surface area contributed by atoms with E-state index in [0.717, 1.165) is 46.5 Å². The number of likely N-dealkylation sites (tertiary alicyclic amines) is 2. The summed E-state index contributed by atoms with van der Waals surface area (Å²) in [6, 6.07) is 26.7. The molecule has 6 N–H and O–H groups in total. The van der Waals surface area contributed by atoms with Gasteiger partial charge in [-0.25, -0.2) is 34.7 Å². The van der Waals surface area contributed by atoms with E-state index >= 15 is 0 Å². The summed E-state index contributed by atoms with van der Waals surface area (Å²) >= 11 is 0. The molecule has 0 saturated carbocycles. The van der Waals surface area contributed by atoms with Crippen LogP contribution in [0.25, 0.3) is 44.3 Å². The fourth-order valence-corrected chi connectivity index (χ4v) is 7.95. The Kier molecular flexibility index (Phi) is 14.7. The minimum absolute atomic E-state index is 0.108. The number of likely N-dealkylation sites (N-methyl/N-ethyl adjacent to an activating group) is 1. The number of pyridine rings is 4. The zero-order valence-electron chi connectivity index (χ0n) is 41.2. The van der Waals surface area contributed by atoms with E-state index in [1.54, 1.807) is 48.1 Å².